The lowest BCUT2D eigenvalue weighted by Crippen LogP contribution is -2.62. The summed E-state index contributed by atoms with van der Waals surface area (Å²) in [6, 6.07) is 0. The van der Waals surface area contributed by atoms with Gasteiger partial charge in [0.15, 0.2) is 10.1 Å². The predicted octanol–water partition coefficient (Wildman–Crippen LogP) is 3.34. The molecule has 1 unspecified atom stereocenters. The maximum Gasteiger partial charge on any atom is 0.466 e. The molecule has 14 heteroatoms. The minimum Gasteiger partial charge on any atom is -0.743 e. The number of alkyl halides is 5. The number of hydrogen-bond acceptors (Lipinski definition) is 7. The fourth-order valence-corrected chi connectivity index (χ4v) is 2.61. The van der Waals surface area contributed by atoms with Crippen molar-refractivity contribution in [1.29, 1.82) is 0 Å². The van der Waals surface area contributed by atoms with E-state index in [4.69, 9.17) is 0 Å². The molecule has 0 saturated carbocycles. The maximum absolute atomic E-state index is 14.1. The molecule has 0 aromatic heterocycles. The Hall–Kier alpha value is -1.80. The van der Waals surface area contributed by atoms with Crippen molar-refractivity contribution in [1.82, 2.24) is 4.90 Å². The average Bonchev–Trinajstić information content (AvgIpc) is 2.64. The normalized spacial score (nSPS) is 14.5. The molecule has 0 aliphatic heterocycles. The predicted molar refractivity (Wildman–Crippen MR) is 101 cm³/mol. The molecule has 8 nitrogen and oxygen atoms in total. The maximum atomic E-state index is 14.1. The van der Waals surface area contributed by atoms with E-state index in [1.54, 1.807) is 13.8 Å². The molecule has 0 bridgehead atoms. The van der Waals surface area contributed by atoms with Crippen LogP contribution in [0.25, 0.3) is 0 Å². The van der Waals surface area contributed by atoms with Crippen molar-refractivity contribution in [3.8, 4) is 0 Å². The fraction of sp³-hybridized carbons (Fsp3) is 0.778. The Morgan fingerprint density at radius 2 is 1.50 bits per heavy atom. The number of ether oxygens (including phenoxy) is 2. The number of hydrogen-bond donors (Lipinski definition) is 0. The molecule has 0 aliphatic carbocycles. The van der Waals surface area contributed by atoms with Gasteiger partial charge in [0.1, 0.15) is 0 Å². The Labute approximate surface area is 183 Å². The van der Waals surface area contributed by atoms with Crippen LogP contribution in [0.1, 0.15) is 52.9 Å². The van der Waals surface area contributed by atoms with Crippen molar-refractivity contribution in [3.63, 3.8) is 0 Å². The fourth-order valence-electron chi connectivity index (χ4n) is 2.27. The number of carbonyl (C=O) groups excluding carboxylic acids is 2. The highest BCUT2D eigenvalue weighted by molar-refractivity contribution is 7.86. The molecule has 0 rings (SSSR count). The average molecular weight is 496 g/mol. The molecule has 0 fully saturated rings. The molecular weight excluding hydrogens is 469 g/mol. The van der Waals surface area contributed by atoms with Gasteiger partial charge in [-0.25, -0.2) is 13.2 Å². The Kier molecular flexibility index (Phi) is 11.2. The van der Waals surface area contributed by atoms with Crippen molar-refractivity contribution < 1.29 is 54.0 Å². The van der Waals surface area contributed by atoms with Crippen molar-refractivity contribution in [2.24, 2.45) is 0 Å². The number of amides is 1. The zero-order valence-electron chi connectivity index (χ0n) is 18.0. The van der Waals surface area contributed by atoms with Gasteiger partial charge in [-0.1, -0.05) is 33.3 Å². The molecule has 0 radical (unpaired) electrons. The van der Waals surface area contributed by atoms with E-state index in [0.29, 0.717) is 12.8 Å². The molecule has 0 aliphatic rings. The molecule has 0 N–H and O–H groups in total. The van der Waals surface area contributed by atoms with Crippen LogP contribution in [-0.4, -0.2) is 66.7 Å². The second-order valence-corrected chi connectivity index (χ2v) is 8.48. The molecule has 0 spiro atoms. The first-order chi connectivity index (χ1) is 14.5. The van der Waals surface area contributed by atoms with E-state index in [0.717, 1.165) is 11.8 Å². The van der Waals surface area contributed by atoms with Crippen LogP contribution in [0.5, 0.6) is 0 Å². The summed E-state index contributed by atoms with van der Waals surface area (Å²) >= 11 is 0. The Morgan fingerprint density at radius 3 is 1.84 bits per heavy atom. The minimum absolute atomic E-state index is 0.174. The van der Waals surface area contributed by atoms with Crippen molar-refractivity contribution in [2.45, 2.75) is 70.1 Å². The largest absolute Gasteiger partial charge is 0.743 e. The zero-order chi connectivity index (χ0) is 25.4. The van der Waals surface area contributed by atoms with E-state index in [1.807, 2.05) is 0 Å². The lowest BCUT2D eigenvalue weighted by atomic mass is 10.1. The van der Waals surface area contributed by atoms with Gasteiger partial charge in [-0.05, 0) is 19.8 Å². The Balaban J connectivity index is 6.28. The number of halogens is 5. The lowest BCUT2D eigenvalue weighted by Gasteiger charge is -2.37. The van der Waals surface area contributed by atoms with Crippen molar-refractivity contribution in [2.75, 3.05) is 19.7 Å². The van der Waals surface area contributed by atoms with E-state index in [-0.39, 0.29) is 25.9 Å². The van der Waals surface area contributed by atoms with E-state index in [9.17, 15) is 44.5 Å². The van der Waals surface area contributed by atoms with Gasteiger partial charge >= 0.3 is 29.1 Å². The van der Waals surface area contributed by atoms with E-state index >= 15 is 0 Å². The number of rotatable bonds is 14. The molecule has 188 valence electrons. The van der Waals surface area contributed by atoms with Crippen molar-refractivity contribution in [3.05, 3.63) is 12.2 Å². The topological polar surface area (TPSA) is 113 Å². The van der Waals surface area contributed by atoms with Gasteiger partial charge in [0.25, 0.3) is 0 Å². The van der Waals surface area contributed by atoms with E-state index in [1.165, 1.54) is 0 Å². The van der Waals surface area contributed by atoms with Crippen molar-refractivity contribution >= 4 is 22.0 Å². The first-order valence-electron chi connectivity index (χ1n) is 9.69. The quantitative estimate of drug-likeness (QED) is 0.119. The number of carbonyl (C=O) groups is 2. The molecular formula is C18H27F5NO7S-. The summed E-state index contributed by atoms with van der Waals surface area (Å²) in [5.74, 6) is -7.90. The summed E-state index contributed by atoms with van der Waals surface area (Å²) in [5.41, 5.74) is -0.545. The second-order valence-electron chi connectivity index (χ2n) is 6.97. The summed E-state index contributed by atoms with van der Waals surface area (Å²) in [6.45, 7) is 5.43. The Bertz CT molecular complexity index is 762. The first kappa shape index (κ1) is 30.2. The number of esters is 1. The lowest BCUT2D eigenvalue weighted by molar-refractivity contribution is -0.351. The highest BCUT2D eigenvalue weighted by Gasteiger charge is 2.67. The van der Waals surface area contributed by atoms with Crippen LogP contribution in [0.2, 0.25) is 0 Å². The summed E-state index contributed by atoms with van der Waals surface area (Å²) in [5, 5.41) is -4.98. The third-order valence-corrected chi connectivity index (χ3v) is 5.09. The van der Waals surface area contributed by atoms with E-state index in [2.05, 4.69) is 16.1 Å². The SMILES string of the molecule is C=C(C)C(=O)OC(OCCC(F)(F)S(=O)(=O)[O-])(C(=O)N(CCCC)CCCC)C(F)(F)F. The summed E-state index contributed by atoms with van der Waals surface area (Å²) in [4.78, 5) is 25.6. The van der Waals surface area contributed by atoms with Gasteiger partial charge in [-0.3, -0.25) is 4.79 Å². The third kappa shape index (κ3) is 7.96. The van der Waals surface area contributed by atoms with E-state index < -0.39 is 57.8 Å². The third-order valence-electron chi connectivity index (χ3n) is 4.15. The van der Waals surface area contributed by atoms with Crippen LogP contribution < -0.4 is 0 Å². The number of nitrogens with zero attached hydrogens (tertiary/aromatic N) is 1. The van der Waals surface area contributed by atoms with Crippen LogP contribution in [0.4, 0.5) is 22.0 Å². The van der Waals surface area contributed by atoms with Crippen LogP contribution in [0, 0.1) is 0 Å². The first-order valence-corrected chi connectivity index (χ1v) is 11.1. The molecule has 0 aromatic carbocycles. The van der Waals surface area contributed by atoms with Crippen LogP contribution in [0.3, 0.4) is 0 Å². The summed E-state index contributed by atoms with van der Waals surface area (Å²) in [6.07, 6.45) is -6.19. The molecule has 0 saturated heterocycles. The smallest absolute Gasteiger partial charge is 0.466 e. The van der Waals surface area contributed by atoms with Gasteiger partial charge < -0.3 is 18.9 Å². The molecule has 1 amide bonds. The Morgan fingerprint density at radius 1 is 1.03 bits per heavy atom. The zero-order valence-corrected chi connectivity index (χ0v) is 18.8. The number of unbranched alkanes of at least 4 members (excludes halogenated alkanes) is 2. The van der Waals surface area contributed by atoms with Crippen LogP contribution in [-0.2, 0) is 29.2 Å². The second kappa shape index (κ2) is 11.9. The molecule has 0 aromatic rings. The van der Waals surface area contributed by atoms with Gasteiger partial charge in [-0.2, -0.15) is 22.0 Å². The van der Waals surface area contributed by atoms with Gasteiger partial charge in [0.2, 0.25) is 0 Å². The van der Waals surface area contributed by atoms with Crippen LogP contribution >= 0.6 is 0 Å². The summed E-state index contributed by atoms with van der Waals surface area (Å²) < 4.78 is 109. The van der Waals surface area contributed by atoms with Gasteiger partial charge in [0, 0.05) is 25.1 Å². The van der Waals surface area contributed by atoms with Crippen LogP contribution in [0.15, 0.2) is 12.2 Å². The standard InChI is InChI=1S/C18H28F5NO7S/c1-5-7-10-24(11-8-6-2)15(26)17(18(21,22)23,31-14(25)13(3)4)30-12-9-16(19,20)32(27,28)29/h3,5-12H2,1-2,4H3,(H,27,28,29)/p-1. The van der Waals surface area contributed by atoms with Gasteiger partial charge in [-0.15, -0.1) is 0 Å². The molecule has 1 atom stereocenters. The summed E-state index contributed by atoms with van der Waals surface area (Å²) in [7, 11) is -6.21. The highest BCUT2D eigenvalue weighted by atomic mass is 32.2. The highest BCUT2D eigenvalue weighted by Crippen LogP contribution is 2.38. The molecule has 32 heavy (non-hydrogen) atoms. The minimum atomic E-state index is -6.21. The molecule has 0 heterocycles. The van der Waals surface area contributed by atoms with Gasteiger partial charge in [0.05, 0.1) is 6.61 Å². The monoisotopic (exact) mass is 496 g/mol.